The molecule has 0 aromatic carbocycles. The molecular formula is C6H5N5. The molecule has 0 fully saturated rings. The van der Waals surface area contributed by atoms with E-state index in [9.17, 15) is 0 Å². The third-order valence-corrected chi connectivity index (χ3v) is 1.12. The summed E-state index contributed by atoms with van der Waals surface area (Å²) in [6.45, 7) is 0. The van der Waals surface area contributed by atoms with Gasteiger partial charge in [0, 0.05) is 5.10 Å². The highest BCUT2D eigenvalue weighted by Crippen LogP contribution is 1.81. The lowest BCUT2D eigenvalue weighted by atomic mass is 10.5. The Morgan fingerprint density at radius 3 is 2.91 bits per heavy atom. The van der Waals surface area contributed by atoms with Crippen molar-refractivity contribution in [2.75, 3.05) is 0 Å². The molecule has 0 aliphatic carbocycles. The predicted octanol–water partition coefficient (Wildman–Crippen LogP) is -0.689. The minimum Gasteiger partial charge on any atom is -0.760 e. The first-order chi connectivity index (χ1) is 5.27. The molecule has 0 saturated carbocycles. The van der Waals surface area contributed by atoms with Crippen molar-refractivity contribution in [3.8, 4) is 6.07 Å². The van der Waals surface area contributed by atoms with Gasteiger partial charge >= 0.3 is 0 Å². The van der Waals surface area contributed by atoms with Crippen LogP contribution in [-0.2, 0) is 7.05 Å². The van der Waals surface area contributed by atoms with Gasteiger partial charge in [0.1, 0.15) is 6.07 Å². The second-order valence-corrected chi connectivity index (χ2v) is 1.90. The summed E-state index contributed by atoms with van der Waals surface area (Å²) < 4.78 is 2.87. The Morgan fingerprint density at radius 1 is 1.82 bits per heavy atom. The molecule has 0 bridgehead atoms. The molecule has 54 valence electrons. The molecule has 5 heteroatoms. The van der Waals surface area contributed by atoms with Crippen LogP contribution in [0.5, 0.6) is 0 Å². The molecule has 0 aliphatic rings. The van der Waals surface area contributed by atoms with Crippen LogP contribution < -0.4 is 4.57 Å². The lowest BCUT2D eigenvalue weighted by Gasteiger charge is -1.86. The molecule has 1 heterocycles. The molecule has 0 aliphatic heterocycles. The number of aryl methyl sites for hydroxylation is 1. The summed E-state index contributed by atoms with van der Waals surface area (Å²) in [6, 6.07) is 1.75. The van der Waals surface area contributed by atoms with Gasteiger partial charge in [-0.2, -0.15) is 9.83 Å². The van der Waals surface area contributed by atoms with Gasteiger partial charge in [-0.05, 0) is 0 Å². The van der Waals surface area contributed by atoms with E-state index >= 15 is 0 Å². The lowest BCUT2D eigenvalue weighted by Crippen LogP contribution is -2.28. The fourth-order valence-corrected chi connectivity index (χ4v) is 0.633. The second kappa shape index (κ2) is 2.78. The molecule has 0 unspecified atom stereocenters. The van der Waals surface area contributed by atoms with Crippen molar-refractivity contribution in [3.63, 3.8) is 0 Å². The molecular weight excluding hydrogens is 142 g/mol. The molecule has 0 amide bonds. The van der Waals surface area contributed by atoms with Crippen molar-refractivity contribution in [1.29, 1.82) is 5.26 Å². The monoisotopic (exact) mass is 147 g/mol. The SMILES string of the molecule is Cn1c[n+](C(=C=[N-])C#N)cn1. The number of hydrogen-bond donors (Lipinski definition) is 0. The average molecular weight is 147 g/mol. The van der Waals surface area contributed by atoms with Crippen LogP contribution >= 0.6 is 0 Å². The summed E-state index contributed by atoms with van der Waals surface area (Å²) in [7, 11) is 1.71. The van der Waals surface area contributed by atoms with Crippen LogP contribution in [0.2, 0.25) is 0 Å². The van der Waals surface area contributed by atoms with Gasteiger partial charge < -0.3 is 5.41 Å². The number of aromatic nitrogens is 3. The van der Waals surface area contributed by atoms with E-state index in [0.29, 0.717) is 0 Å². The zero-order valence-electron chi connectivity index (χ0n) is 5.89. The average Bonchev–Trinajstić information content (AvgIpc) is 2.39. The smallest absolute Gasteiger partial charge is 0.271 e. The fraction of sp³-hybridized carbons (Fsp3) is 0.167. The maximum Gasteiger partial charge on any atom is 0.271 e. The molecule has 11 heavy (non-hydrogen) atoms. The molecule has 1 rings (SSSR count). The van der Waals surface area contributed by atoms with Crippen LogP contribution in [0.25, 0.3) is 11.1 Å². The van der Waals surface area contributed by atoms with E-state index in [1.807, 2.05) is 0 Å². The minimum atomic E-state index is 0.0121. The van der Waals surface area contributed by atoms with Gasteiger partial charge in [0.2, 0.25) is 12.0 Å². The number of rotatable bonds is 1. The highest BCUT2D eigenvalue weighted by Gasteiger charge is 2.03. The first-order valence-corrected chi connectivity index (χ1v) is 2.85. The van der Waals surface area contributed by atoms with Gasteiger partial charge in [-0.3, -0.25) is 0 Å². The first-order valence-electron chi connectivity index (χ1n) is 2.85. The number of nitriles is 1. The molecule has 0 radical (unpaired) electrons. The Bertz CT molecular complexity index is 349. The van der Waals surface area contributed by atoms with Crippen LogP contribution in [0.4, 0.5) is 0 Å². The highest BCUT2D eigenvalue weighted by atomic mass is 15.3. The van der Waals surface area contributed by atoms with E-state index in [-0.39, 0.29) is 5.70 Å². The quantitative estimate of drug-likeness (QED) is 0.300. The Hall–Kier alpha value is -1.92. The lowest BCUT2D eigenvalue weighted by molar-refractivity contribution is -0.576. The van der Waals surface area contributed by atoms with Crippen molar-refractivity contribution < 1.29 is 4.57 Å². The van der Waals surface area contributed by atoms with Gasteiger partial charge in [-0.15, -0.1) is 4.68 Å². The van der Waals surface area contributed by atoms with E-state index in [2.05, 4.69) is 5.10 Å². The predicted molar refractivity (Wildman–Crippen MR) is 37.1 cm³/mol. The summed E-state index contributed by atoms with van der Waals surface area (Å²) in [5.74, 6) is 1.75. The highest BCUT2D eigenvalue weighted by molar-refractivity contribution is 5.84. The van der Waals surface area contributed by atoms with Crippen LogP contribution in [0, 0.1) is 11.3 Å². The Morgan fingerprint density at radius 2 is 2.55 bits per heavy atom. The molecule has 1 aromatic rings. The first kappa shape index (κ1) is 7.19. The number of allylic oxidation sites excluding steroid dienone is 1. The maximum absolute atomic E-state index is 8.42. The zero-order valence-corrected chi connectivity index (χ0v) is 5.89. The van der Waals surface area contributed by atoms with Crippen LogP contribution in [0.1, 0.15) is 0 Å². The van der Waals surface area contributed by atoms with Crippen molar-refractivity contribution in [1.82, 2.24) is 9.78 Å². The molecule has 0 N–H and O–H groups in total. The molecule has 0 atom stereocenters. The van der Waals surface area contributed by atoms with Gasteiger partial charge in [0.25, 0.3) is 6.33 Å². The van der Waals surface area contributed by atoms with Crippen LogP contribution in [0.15, 0.2) is 12.7 Å². The fourth-order valence-electron chi connectivity index (χ4n) is 0.633. The van der Waals surface area contributed by atoms with Gasteiger partial charge in [0.15, 0.2) is 0 Å². The maximum atomic E-state index is 8.42. The Kier molecular flexibility index (Phi) is 1.81. The largest absolute Gasteiger partial charge is 0.760 e. The van der Waals surface area contributed by atoms with Crippen molar-refractivity contribution >= 4 is 11.6 Å². The van der Waals surface area contributed by atoms with Crippen LogP contribution in [0.3, 0.4) is 0 Å². The van der Waals surface area contributed by atoms with Crippen molar-refractivity contribution in [3.05, 3.63) is 18.1 Å². The molecule has 5 nitrogen and oxygen atoms in total. The van der Waals surface area contributed by atoms with E-state index < -0.39 is 0 Å². The normalized spacial score (nSPS) is 8.36. The van der Waals surface area contributed by atoms with E-state index in [4.69, 9.17) is 10.7 Å². The molecule has 0 spiro atoms. The van der Waals surface area contributed by atoms with E-state index in [0.717, 1.165) is 0 Å². The standard InChI is InChI=1S/C6H5N5/c1-10-5-11(4-9-10)6(2-7)3-8/h4-5H,1H3. The topological polar surface area (TPSA) is 67.8 Å². The summed E-state index contributed by atoms with van der Waals surface area (Å²) in [6.07, 6.45) is 2.95. The summed E-state index contributed by atoms with van der Waals surface area (Å²) in [5.41, 5.74) is 0.0121. The minimum absolute atomic E-state index is 0.0121. The Balaban J connectivity index is 3.14. The van der Waals surface area contributed by atoms with Gasteiger partial charge in [-0.25, -0.2) is 5.87 Å². The summed E-state index contributed by atoms with van der Waals surface area (Å²) in [5, 5.41) is 20.6. The Labute approximate surface area is 63.3 Å². The number of hydrogen-bond acceptors (Lipinski definition) is 2. The summed E-state index contributed by atoms with van der Waals surface area (Å²) in [4.78, 5) is 0. The molecule has 1 aromatic heterocycles. The van der Waals surface area contributed by atoms with Gasteiger partial charge in [0.05, 0.1) is 7.05 Å². The molecule has 0 saturated heterocycles. The van der Waals surface area contributed by atoms with Crippen molar-refractivity contribution in [2.45, 2.75) is 0 Å². The number of nitrogens with zero attached hydrogens (tertiary/aromatic N) is 5. The van der Waals surface area contributed by atoms with E-state index in [1.54, 1.807) is 25.3 Å². The second-order valence-electron chi connectivity index (χ2n) is 1.90. The van der Waals surface area contributed by atoms with Crippen molar-refractivity contribution in [2.24, 2.45) is 7.05 Å². The van der Waals surface area contributed by atoms with E-state index in [1.165, 1.54) is 15.6 Å². The zero-order chi connectivity index (χ0) is 8.27. The summed E-state index contributed by atoms with van der Waals surface area (Å²) >= 11 is 0. The van der Waals surface area contributed by atoms with Crippen LogP contribution in [-0.4, -0.2) is 15.7 Å². The van der Waals surface area contributed by atoms with Gasteiger partial charge in [-0.1, -0.05) is 0 Å². The third-order valence-electron chi connectivity index (χ3n) is 1.12. The third kappa shape index (κ3) is 1.31.